The summed E-state index contributed by atoms with van der Waals surface area (Å²) in [6, 6.07) is 0. The third-order valence-electron chi connectivity index (χ3n) is 4.61. The van der Waals surface area contributed by atoms with E-state index in [4.69, 9.17) is 0 Å². The number of piperidine rings is 1. The average Bonchev–Trinajstić information content (AvgIpc) is 2.43. The number of hydrogen-bond acceptors (Lipinski definition) is 3. The molecule has 1 saturated heterocycles. The Balaban J connectivity index is 2.28. The van der Waals surface area contributed by atoms with Crippen LogP contribution in [0.2, 0.25) is 0 Å². The quantitative estimate of drug-likeness (QED) is 0.666. The second-order valence-corrected chi connectivity index (χ2v) is 8.42. The Morgan fingerprint density at radius 2 is 1.75 bits per heavy atom. The van der Waals surface area contributed by atoms with Gasteiger partial charge in [0.25, 0.3) is 0 Å². The van der Waals surface area contributed by atoms with E-state index in [2.05, 4.69) is 26.1 Å². The average molecular weight is 305 g/mol. The first-order valence-electron chi connectivity index (χ1n) is 8.12. The van der Waals surface area contributed by atoms with Gasteiger partial charge in [0.1, 0.15) is 0 Å². The summed E-state index contributed by atoms with van der Waals surface area (Å²) in [7, 11) is -3.03. The second-order valence-electron chi connectivity index (χ2n) is 6.34. The third kappa shape index (κ3) is 5.70. The molecule has 1 aliphatic heterocycles. The zero-order chi connectivity index (χ0) is 15.1. The van der Waals surface area contributed by atoms with Crippen LogP contribution in [0.1, 0.15) is 59.3 Å². The molecule has 0 aromatic heterocycles. The lowest BCUT2D eigenvalue weighted by Crippen LogP contribution is -2.42. The molecule has 0 aromatic carbocycles. The van der Waals surface area contributed by atoms with Crippen LogP contribution in [-0.2, 0) is 10.0 Å². The van der Waals surface area contributed by atoms with Crippen molar-refractivity contribution in [2.45, 2.75) is 59.3 Å². The van der Waals surface area contributed by atoms with Crippen LogP contribution in [0.4, 0.5) is 0 Å². The van der Waals surface area contributed by atoms with E-state index in [1.165, 1.54) is 0 Å². The molecule has 0 spiro atoms. The smallest absolute Gasteiger partial charge is 0.214 e. The molecule has 20 heavy (non-hydrogen) atoms. The highest BCUT2D eigenvalue weighted by molar-refractivity contribution is 7.89. The fraction of sp³-hybridized carbons (Fsp3) is 1.00. The molecule has 1 aliphatic rings. The zero-order valence-electron chi connectivity index (χ0n) is 13.5. The highest BCUT2D eigenvalue weighted by Crippen LogP contribution is 2.34. The van der Waals surface area contributed by atoms with Crippen molar-refractivity contribution >= 4 is 10.0 Å². The van der Waals surface area contributed by atoms with E-state index in [0.29, 0.717) is 24.3 Å². The molecule has 120 valence electrons. The lowest BCUT2D eigenvalue weighted by molar-refractivity contribution is 0.169. The molecule has 0 aromatic rings. The molecule has 4 nitrogen and oxygen atoms in total. The monoisotopic (exact) mass is 304 g/mol. The summed E-state index contributed by atoms with van der Waals surface area (Å²) in [5.41, 5.74) is 0.343. The second kappa shape index (κ2) is 8.35. The number of nitrogens with one attached hydrogen (secondary N) is 1. The van der Waals surface area contributed by atoms with Gasteiger partial charge in [-0.1, -0.05) is 27.2 Å². The predicted molar refractivity (Wildman–Crippen MR) is 85.4 cm³/mol. The molecule has 0 radical (unpaired) electrons. The maximum atomic E-state index is 12.3. The molecular weight excluding hydrogens is 272 g/mol. The summed E-state index contributed by atoms with van der Waals surface area (Å²) >= 11 is 0. The number of hydrogen-bond donors (Lipinski definition) is 1. The molecule has 0 aliphatic carbocycles. The largest absolute Gasteiger partial charge is 0.317 e. The first-order valence-corrected chi connectivity index (χ1v) is 9.73. The van der Waals surface area contributed by atoms with Crippen LogP contribution in [0.5, 0.6) is 0 Å². The number of unbranched alkanes of at least 4 members (excludes halogenated alkanes) is 1. The summed E-state index contributed by atoms with van der Waals surface area (Å²) in [5, 5.41) is 3.31. The number of sulfonamides is 1. The lowest BCUT2D eigenvalue weighted by Gasteiger charge is -2.38. The Bertz CT molecular complexity index is 360. The molecule has 0 amide bonds. The van der Waals surface area contributed by atoms with Crippen LogP contribution in [0.3, 0.4) is 0 Å². The highest BCUT2D eigenvalue weighted by atomic mass is 32.2. The van der Waals surface area contributed by atoms with Crippen LogP contribution in [0, 0.1) is 5.41 Å². The van der Waals surface area contributed by atoms with Gasteiger partial charge in [0.05, 0.1) is 5.75 Å². The molecule has 1 heterocycles. The van der Waals surface area contributed by atoms with Gasteiger partial charge >= 0.3 is 0 Å². The van der Waals surface area contributed by atoms with Crippen LogP contribution in [-0.4, -0.2) is 44.7 Å². The van der Waals surface area contributed by atoms with E-state index in [1.54, 1.807) is 4.31 Å². The van der Waals surface area contributed by atoms with E-state index >= 15 is 0 Å². The van der Waals surface area contributed by atoms with Gasteiger partial charge in [-0.2, -0.15) is 0 Å². The molecule has 5 heteroatoms. The Labute approximate surface area is 125 Å². The first kappa shape index (κ1) is 17.9. The van der Waals surface area contributed by atoms with Gasteiger partial charge in [-0.3, -0.25) is 0 Å². The number of rotatable bonds is 9. The summed E-state index contributed by atoms with van der Waals surface area (Å²) in [5.74, 6) is 0.309. The Morgan fingerprint density at radius 1 is 1.10 bits per heavy atom. The molecule has 0 bridgehead atoms. The van der Waals surface area contributed by atoms with Gasteiger partial charge in [0.2, 0.25) is 10.0 Å². The molecule has 0 saturated carbocycles. The number of nitrogens with zero attached hydrogens (tertiary/aromatic N) is 1. The van der Waals surface area contributed by atoms with Crippen LogP contribution < -0.4 is 5.32 Å². The minimum atomic E-state index is -3.03. The van der Waals surface area contributed by atoms with Gasteiger partial charge in [0, 0.05) is 13.1 Å². The molecule has 0 unspecified atom stereocenters. The summed E-state index contributed by atoms with van der Waals surface area (Å²) < 4.78 is 26.3. The maximum Gasteiger partial charge on any atom is 0.214 e. The standard InChI is InChI=1S/C15H32N2O2S/c1-4-10-16-11-6-7-14-20(18,19)17-12-8-15(3,5-2)9-13-17/h16H,4-14H2,1-3H3. The topological polar surface area (TPSA) is 49.4 Å². The fourth-order valence-corrected chi connectivity index (χ4v) is 4.19. The van der Waals surface area contributed by atoms with Crippen molar-refractivity contribution in [3.63, 3.8) is 0 Å². The molecule has 1 N–H and O–H groups in total. The van der Waals surface area contributed by atoms with Gasteiger partial charge in [-0.15, -0.1) is 0 Å². The van der Waals surface area contributed by atoms with E-state index in [1.807, 2.05) is 0 Å². The van der Waals surface area contributed by atoms with Crippen molar-refractivity contribution in [3.05, 3.63) is 0 Å². The van der Waals surface area contributed by atoms with Crippen molar-refractivity contribution < 1.29 is 8.42 Å². The molecule has 0 atom stereocenters. The van der Waals surface area contributed by atoms with Crippen molar-refractivity contribution in [1.29, 1.82) is 0 Å². The van der Waals surface area contributed by atoms with E-state index < -0.39 is 10.0 Å². The maximum absolute atomic E-state index is 12.3. The Morgan fingerprint density at radius 3 is 2.30 bits per heavy atom. The molecule has 1 rings (SSSR count). The lowest BCUT2D eigenvalue weighted by atomic mass is 9.79. The first-order chi connectivity index (χ1) is 9.43. The predicted octanol–water partition coefficient (Wildman–Crippen LogP) is 2.61. The normalized spacial score (nSPS) is 20.1. The molecular formula is C15H32N2O2S. The van der Waals surface area contributed by atoms with E-state index in [0.717, 1.165) is 51.6 Å². The van der Waals surface area contributed by atoms with Crippen molar-refractivity contribution in [2.75, 3.05) is 31.9 Å². The van der Waals surface area contributed by atoms with E-state index in [9.17, 15) is 8.42 Å². The van der Waals surface area contributed by atoms with Crippen LogP contribution in [0.25, 0.3) is 0 Å². The SMILES string of the molecule is CCCNCCCCS(=O)(=O)N1CCC(C)(CC)CC1. The zero-order valence-corrected chi connectivity index (χ0v) is 14.3. The van der Waals surface area contributed by atoms with E-state index in [-0.39, 0.29) is 0 Å². The van der Waals surface area contributed by atoms with Crippen molar-refractivity contribution in [1.82, 2.24) is 9.62 Å². The Kier molecular flexibility index (Phi) is 7.48. The van der Waals surface area contributed by atoms with Crippen LogP contribution >= 0.6 is 0 Å². The summed E-state index contributed by atoms with van der Waals surface area (Å²) in [6.07, 6.45) is 5.98. The van der Waals surface area contributed by atoms with Crippen molar-refractivity contribution in [2.24, 2.45) is 5.41 Å². The molecule has 1 fully saturated rings. The highest BCUT2D eigenvalue weighted by Gasteiger charge is 2.33. The summed E-state index contributed by atoms with van der Waals surface area (Å²) in [6.45, 7) is 9.98. The minimum Gasteiger partial charge on any atom is -0.317 e. The Hall–Kier alpha value is -0.130. The third-order valence-corrected chi connectivity index (χ3v) is 6.57. The van der Waals surface area contributed by atoms with Crippen LogP contribution in [0.15, 0.2) is 0 Å². The van der Waals surface area contributed by atoms with Gasteiger partial charge in [-0.25, -0.2) is 12.7 Å². The van der Waals surface area contributed by atoms with Crippen molar-refractivity contribution in [3.8, 4) is 0 Å². The summed E-state index contributed by atoms with van der Waals surface area (Å²) in [4.78, 5) is 0. The van der Waals surface area contributed by atoms with Gasteiger partial charge < -0.3 is 5.32 Å². The fourth-order valence-electron chi connectivity index (χ4n) is 2.62. The van der Waals surface area contributed by atoms with Gasteiger partial charge in [-0.05, 0) is 50.6 Å². The van der Waals surface area contributed by atoms with Gasteiger partial charge in [0.15, 0.2) is 0 Å². The minimum absolute atomic E-state index is 0.309.